The highest BCUT2D eigenvalue weighted by atomic mass is 16.3. The maximum Gasteiger partial charge on any atom is 0.156 e. The molecule has 2 unspecified atom stereocenters. The van der Waals surface area contributed by atoms with E-state index in [4.69, 9.17) is 0 Å². The second-order valence-corrected chi connectivity index (χ2v) is 5.17. The van der Waals surface area contributed by atoms with Crippen molar-refractivity contribution >= 4 is 5.78 Å². The van der Waals surface area contributed by atoms with Crippen molar-refractivity contribution in [3.8, 4) is 0 Å². The number of hydrogen-bond acceptors (Lipinski definition) is 3. The third-order valence-corrected chi connectivity index (χ3v) is 2.98. The third-order valence-electron chi connectivity index (χ3n) is 2.98. The minimum Gasteiger partial charge on any atom is -0.390 e. The van der Waals surface area contributed by atoms with E-state index in [1.165, 1.54) is 0 Å². The third kappa shape index (κ3) is 2.80. The van der Waals surface area contributed by atoms with E-state index < -0.39 is 12.2 Å². The number of aliphatic hydroxyl groups is 2. The summed E-state index contributed by atoms with van der Waals surface area (Å²) in [5.41, 5.74) is 1.55. The van der Waals surface area contributed by atoms with Gasteiger partial charge in [0.15, 0.2) is 5.78 Å². The smallest absolute Gasteiger partial charge is 0.156 e. The van der Waals surface area contributed by atoms with Crippen LogP contribution in [0.1, 0.15) is 34.1 Å². The van der Waals surface area contributed by atoms with E-state index in [0.717, 1.165) is 11.1 Å². The molecule has 0 aromatic carbocycles. The lowest BCUT2D eigenvalue weighted by atomic mass is 9.72. The van der Waals surface area contributed by atoms with Gasteiger partial charge in [-0.1, -0.05) is 13.8 Å². The lowest BCUT2D eigenvalue weighted by Gasteiger charge is -2.32. The summed E-state index contributed by atoms with van der Waals surface area (Å²) in [7, 11) is 0. The summed E-state index contributed by atoms with van der Waals surface area (Å²) in [5.74, 6) is 0.117. The van der Waals surface area contributed by atoms with Crippen molar-refractivity contribution in [3.05, 3.63) is 23.3 Å². The fourth-order valence-corrected chi connectivity index (χ4v) is 2.10. The fourth-order valence-electron chi connectivity index (χ4n) is 2.10. The van der Waals surface area contributed by atoms with Crippen LogP contribution in [0.2, 0.25) is 0 Å². The van der Waals surface area contributed by atoms with Crippen LogP contribution in [0.4, 0.5) is 0 Å². The van der Waals surface area contributed by atoms with Gasteiger partial charge in [0.25, 0.3) is 0 Å². The number of aliphatic hydroxyl groups excluding tert-OH is 2. The molecule has 0 heterocycles. The molecule has 2 N–H and O–H groups in total. The molecule has 0 aliphatic heterocycles. The molecule has 0 aromatic heterocycles. The average Bonchev–Trinajstić information content (AvgIpc) is 2.09. The number of hydrogen-bond donors (Lipinski definition) is 2. The van der Waals surface area contributed by atoms with Crippen molar-refractivity contribution in [2.75, 3.05) is 0 Å². The van der Waals surface area contributed by atoms with Crippen molar-refractivity contribution in [3.63, 3.8) is 0 Å². The summed E-state index contributed by atoms with van der Waals surface area (Å²) in [6.07, 6.45) is 2.02. The molecule has 1 aliphatic carbocycles. The Morgan fingerprint density at radius 1 is 1.44 bits per heavy atom. The summed E-state index contributed by atoms with van der Waals surface area (Å²) in [6.45, 7) is 7.35. The van der Waals surface area contributed by atoms with Crippen molar-refractivity contribution in [2.45, 2.75) is 46.3 Å². The highest BCUT2D eigenvalue weighted by Crippen LogP contribution is 2.39. The molecule has 3 nitrogen and oxygen atoms in total. The van der Waals surface area contributed by atoms with Crippen LogP contribution in [-0.4, -0.2) is 28.2 Å². The lowest BCUT2D eigenvalue weighted by Crippen LogP contribution is -2.28. The van der Waals surface area contributed by atoms with Crippen LogP contribution in [0.5, 0.6) is 0 Å². The normalized spacial score (nSPS) is 26.5. The predicted molar refractivity (Wildman–Crippen MR) is 62.9 cm³/mol. The largest absolute Gasteiger partial charge is 0.390 e. The van der Waals surface area contributed by atoms with Gasteiger partial charge in [0, 0.05) is 6.42 Å². The van der Waals surface area contributed by atoms with Gasteiger partial charge in [-0.25, -0.2) is 0 Å². The van der Waals surface area contributed by atoms with Gasteiger partial charge in [-0.2, -0.15) is 0 Å². The quantitative estimate of drug-likeness (QED) is 0.749. The fraction of sp³-hybridized carbons (Fsp3) is 0.615. The number of carbonyl (C=O) groups excluding carboxylic acids is 1. The molecule has 0 bridgehead atoms. The van der Waals surface area contributed by atoms with Crippen LogP contribution in [0.15, 0.2) is 23.3 Å². The molecule has 0 saturated carbocycles. The summed E-state index contributed by atoms with van der Waals surface area (Å²) >= 11 is 0. The minimum atomic E-state index is -0.883. The Morgan fingerprint density at radius 3 is 2.44 bits per heavy atom. The second-order valence-electron chi connectivity index (χ2n) is 5.17. The molecule has 0 saturated heterocycles. The Hall–Kier alpha value is -0.930. The van der Waals surface area contributed by atoms with E-state index in [9.17, 15) is 15.0 Å². The summed E-state index contributed by atoms with van der Waals surface area (Å²) in [4.78, 5) is 11.4. The average molecular weight is 224 g/mol. The van der Waals surface area contributed by atoms with Crippen LogP contribution in [0.25, 0.3) is 0 Å². The molecule has 0 aromatic rings. The first-order chi connectivity index (χ1) is 7.24. The Kier molecular flexibility index (Phi) is 3.71. The summed E-state index contributed by atoms with van der Waals surface area (Å²) in [5, 5.41) is 18.9. The van der Waals surface area contributed by atoms with Crippen molar-refractivity contribution in [1.82, 2.24) is 0 Å². The van der Waals surface area contributed by atoms with Crippen molar-refractivity contribution < 1.29 is 15.0 Å². The molecule has 90 valence electrons. The van der Waals surface area contributed by atoms with Crippen molar-refractivity contribution in [1.29, 1.82) is 0 Å². The molecular weight excluding hydrogens is 204 g/mol. The minimum absolute atomic E-state index is 0.117. The van der Waals surface area contributed by atoms with Gasteiger partial charge in [0.05, 0.1) is 12.2 Å². The molecule has 1 rings (SSSR count). The molecule has 3 heteroatoms. The van der Waals surface area contributed by atoms with Crippen LogP contribution < -0.4 is 0 Å². The predicted octanol–water partition coefficient (Wildman–Crippen LogP) is 1.60. The number of carbonyl (C=O) groups is 1. The zero-order chi connectivity index (χ0) is 12.5. The van der Waals surface area contributed by atoms with Gasteiger partial charge < -0.3 is 10.2 Å². The van der Waals surface area contributed by atoms with Crippen LogP contribution >= 0.6 is 0 Å². The zero-order valence-corrected chi connectivity index (χ0v) is 10.3. The maximum absolute atomic E-state index is 11.4. The number of ketones is 1. The molecule has 16 heavy (non-hydrogen) atoms. The number of allylic oxidation sites excluding steroid dienone is 3. The zero-order valence-electron chi connectivity index (χ0n) is 10.3. The van der Waals surface area contributed by atoms with Gasteiger partial charge in [-0.3, -0.25) is 4.79 Å². The summed E-state index contributed by atoms with van der Waals surface area (Å²) < 4.78 is 0. The van der Waals surface area contributed by atoms with Crippen LogP contribution in [0.3, 0.4) is 0 Å². The Morgan fingerprint density at radius 2 is 2.00 bits per heavy atom. The molecule has 0 radical (unpaired) electrons. The molecule has 0 fully saturated rings. The van der Waals surface area contributed by atoms with Crippen molar-refractivity contribution in [2.24, 2.45) is 5.41 Å². The molecule has 1 aliphatic rings. The van der Waals surface area contributed by atoms with E-state index in [-0.39, 0.29) is 11.2 Å². The van der Waals surface area contributed by atoms with E-state index >= 15 is 0 Å². The van der Waals surface area contributed by atoms with E-state index in [1.807, 2.05) is 20.8 Å². The Labute approximate surface area is 96.5 Å². The molecule has 0 spiro atoms. The number of rotatable bonds is 2. The first kappa shape index (κ1) is 13.1. The second kappa shape index (κ2) is 4.52. The highest BCUT2D eigenvalue weighted by Gasteiger charge is 2.31. The van der Waals surface area contributed by atoms with Gasteiger partial charge in [0.1, 0.15) is 0 Å². The SMILES string of the molecule is CC1=CC(=O)CC(C)(C)/C1=C\C(O)C(C)O. The topological polar surface area (TPSA) is 57.5 Å². The standard InChI is InChI=1S/C13H20O3/c1-8-5-10(15)7-13(3,4)11(8)6-12(16)9(2)14/h5-6,9,12,14,16H,7H2,1-4H3/b11-6-. The monoisotopic (exact) mass is 224 g/mol. The van der Waals surface area contributed by atoms with Gasteiger partial charge >= 0.3 is 0 Å². The van der Waals surface area contributed by atoms with Gasteiger partial charge in [-0.05, 0) is 42.6 Å². The molecule has 2 atom stereocenters. The van der Waals surface area contributed by atoms with Gasteiger partial charge in [0.2, 0.25) is 0 Å². The lowest BCUT2D eigenvalue weighted by molar-refractivity contribution is -0.116. The maximum atomic E-state index is 11.4. The van der Waals surface area contributed by atoms with Crippen LogP contribution in [-0.2, 0) is 4.79 Å². The first-order valence-electron chi connectivity index (χ1n) is 5.54. The Balaban J connectivity index is 3.10. The van der Waals surface area contributed by atoms with E-state index in [1.54, 1.807) is 19.1 Å². The molecular formula is C13H20O3. The van der Waals surface area contributed by atoms with Crippen LogP contribution in [0, 0.1) is 5.41 Å². The Bertz CT molecular complexity index is 348. The highest BCUT2D eigenvalue weighted by molar-refractivity contribution is 5.93. The summed E-state index contributed by atoms with van der Waals surface area (Å²) in [6, 6.07) is 0. The molecule has 0 amide bonds. The first-order valence-corrected chi connectivity index (χ1v) is 5.54. The van der Waals surface area contributed by atoms with E-state index in [2.05, 4.69) is 0 Å². The van der Waals surface area contributed by atoms with E-state index in [0.29, 0.717) is 6.42 Å². The van der Waals surface area contributed by atoms with Gasteiger partial charge in [-0.15, -0.1) is 0 Å².